The SMILES string of the molecule is CS[C+](C)[S-].[Pm]. The maximum absolute atomic E-state index is 4.66. The predicted molar refractivity (Wildman–Crippen MR) is 29.8 cm³/mol. The fraction of sp³-hybridized carbons (Fsp3) is 0.667. The number of thioether (sulfide) groups is 1. The van der Waals surface area contributed by atoms with E-state index in [0.717, 1.165) is 4.58 Å². The summed E-state index contributed by atoms with van der Waals surface area (Å²) < 4.78 is 1.00. The Morgan fingerprint density at radius 3 is 1.83 bits per heavy atom. The zero-order valence-corrected chi connectivity index (χ0v) is 8.27. The Morgan fingerprint density at radius 1 is 1.67 bits per heavy atom. The van der Waals surface area contributed by atoms with E-state index in [4.69, 9.17) is 0 Å². The molecule has 0 aliphatic rings. The molecule has 1 radical (unpaired) electrons. The van der Waals surface area contributed by atoms with E-state index in [2.05, 4.69) is 12.6 Å². The molecule has 0 spiro atoms. The molecule has 0 bridgehead atoms. The molecule has 0 aromatic carbocycles. The minimum absolute atomic E-state index is 0. The summed E-state index contributed by atoms with van der Waals surface area (Å²) in [4.78, 5) is 0. The van der Waals surface area contributed by atoms with Gasteiger partial charge in [0, 0.05) is 63.0 Å². The van der Waals surface area contributed by atoms with Gasteiger partial charge in [0.15, 0.2) is 0 Å². The van der Waals surface area contributed by atoms with Crippen molar-refractivity contribution < 1.29 is 40.4 Å². The van der Waals surface area contributed by atoms with E-state index in [1.165, 1.54) is 0 Å². The van der Waals surface area contributed by atoms with Gasteiger partial charge in [-0.25, -0.2) is 0 Å². The summed E-state index contributed by atoms with van der Waals surface area (Å²) in [5.74, 6) is 0. The van der Waals surface area contributed by atoms with Crippen molar-refractivity contribution in [1.29, 1.82) is 0 Å². The molecule has 0 saturated carbocycles. The second-order valence-corrected chi connectivity index (χ2v) is 2.59. The summed E-state index contributed by atoms with van der Waals surface area (Å²) in [6.07, 6.45) is 1.97. The van der Waals surface area contributed by atoms with E-state index < -0.39 is 0 Å². The number of rotatable bonds is 1. The summed E-state index contributed by atoms with van der Waals surface area (Å²) in [5.41, 5.74) is 0. The maximum atomic E-state index is 4.66. The molecule has 0 atom stereocenters. The third kappa shape index (κ3) is 9.32. The van der Waals surface area contributed by atoms with Crippen LogP contribution in [0, 0.1) is 45.0 Å². The van der Waals surface area contributed by atoms with E-state index in [-0.39, 0.29) is 40.4 Å². The molecular weight excluding hydrogens is 245 g/mol. The third-order valence-electron chi connectivity index (χ3n) is 0.287. The zero-order chi connectivity index (χ0) is 4.28. The van der Waals surface area contributed by atoms with Crippen LogP contribution in [0.1, 0.15) is 6.92 Å². The van der Waals surface area contributed by atoms with Crippen LogP contribution in [0.15, 0.2) is 0 Å². The molecule has 0 amide bonds. The van der Waals surface area contributed by atoms with Gasteiger partial charge < -0.3 is 12.6 Å². The van der Waals surface area contributed by atoms with Crippen molar-refractivity contribution in [2.24, 2.45) is 0 Å². The van der Waals surface area contributed by atoms with Crippen LogP contribution in [0.4, 0.5) is 0 Å². The fourth-order valence-electron chi connectivity index (χ4n) is 0. The average molecular weight is 251 g/mol. The molecule has 0 unspecified atom stereocenters. The third-order valence-corrected chi connectivity index (χ3v) is 1.36. The van der Waals surface area contributed by atoms with Crippen LogP contribution in [-0.4, -0.2) is 6.26 Å². The van der Waals surface area contributed by atoms with Crippen LogP contribution >= 0.6 is 11.8 Å². The van der Waals surface area contributed by atoms with Crippen LogP contribution < -0.4 is 0 Å². The zero-order valence-electron chi connectivity index (χ0n) is 3.76. The average Bonchev–Trinajstić information content (AvgIpc) is 1.38. The molecule has 0 fully saturated rings. The smallest absolute Gasteiger partial charge is 0.0696 e. The minimum atomic E-state index is 0. The van der Waals surface area contributed by atoms with Gasteiger partial charge in [-0.15, -0.1) is 0 Å². The summed E-state index contributed by atoms with van der Waals surface area (Å²) >= 11 is 6.27. The Morgan fingerprint density at radius 2 is 1.83 bits per heavy atom. The standard InChI is InChI=1S/C3H6S2.Pm/c1-3(4)5-2;/h1-2H3;. The van der Waals surface area contributed by atoms with E-state index >= 15 is 0 Å². The predicted octanol–water partition coefficient (Wildman–Crippen LogP) is 1.41. The van der Waals surface area contributed by atoms with Gasteiger partial charge in [-0.05, 0) is 0 Å². The van der Waals surface area contributed by atoms with E-state index in [0.29, 0.717) is 0 Å². The summed E-state index contributed by atoms with van der Waals surface area (Å²) in [5, 5.41) is 0. The van der Waals surface area contributed by atoms with Crippen LogP contribution in [0.5, 0.6) is 0 Å². The van der Waals surface area contributed by atoms with Gasteiger partial charge in [0.1, 0.15) is 0 Å². The second kappa shape index (κ2) is 6.91. The quantitative estimate of drug-likeness (QED) is 0.510. The van der Waals surface area contributed by atoms with Crippen molar-refractivity contribution in [3.8, 4) is 0 Å². The molecule has 0 aromatic rings. The number of hydrogen-bond donors (Lipinski definition) is 0. The van der Waals surface area contributed by atoms with Gasteiger partial charge in [-0.1, -0.05) is 0 Å². The Labute approximate surface area is 81.4 Å². The molecule has 0 aromatic heterocycles. The van der Waals surface area contributed by atoms with Crippen molar-refractivity contribution >= 4 is 24.4 Å². The van der Waals surface area contributed by atoms with Gasteiger partial charge in [0.05, 0.1) is 6.92 Å². The molecule has 0 aliphatic carbocycles. The normalized spacial score (nSPS) is 6.50. The fourth-order valence-corrected chi connectivity index (χ4v) is 0. The van der Waals surface area contributed by atoms with E-state index in [1.807, 2.05) is 13.2 Å². The summed E-state index contributed by atoms with van der Waals surface area (Å²) in [6, 6.07) is 0. The first-order chi connectivity index (χ1) is 2.27. The molecule has 0 rings (SSSR count). The monoisotopic (exact) mass is 251 g/mol. The first-order valence-corrected chi connectivity index (χ1v) is 2.95. The van der Waals surface area contributed by atoms with Crippen LogP contribution in [0.3, 0.4) is 0 Å². The second-order valence-electron chi connectivity index (χ2n) is 0.696. The maximum Gasteiger partial charge on any atom is 0.0696 e. The van der Waals surface area contributed by atoms with Gasteiger partial charge in [0.25, 0.3) is 0 Å². The van der Waals surface area contributed by atoms with Crippen LogP contribution in [0.2, 0.25) is 0 Å². The molecule has 0 heterocycles. The topological polar surface area (TPSA) is 0 Å². The minimum Gasteiger partial charge on any atom is -0.494 e. The molecule has 0 saturated heterocycles. The Hall–Kier alpha value is 1.91. The molecule has 6 heavy (non-hydrogen) atoms. The Balaban J connectivity index is 0. The van der Waals surface area contributed by atoms with Crippen molar-refractivity contribution in [2.75, 3.05) is 6.26 Å². The largest absolute Gasteiger partial charge is 0.494 e. The van der Waals surface area contributed by atoms with Crippen molar-refractivity contribution in [2.45, 2.75) is 6.92 Å². The van der Waals surface area contributed by atoms with Crippen LogP contribution in [0.25, 0.3) is 0 Å². The molecule has 0 N–H and O–H groups in total. The first-order valence-electron chi connectivity index (χ1n) is 1.32. The molecular formula is C3H6PmS2. The van der Waals surface area contributed by atoms with Gasteiger partial charge in [0.2, 0.25) is 0 Å². The van der Waals surface area contributed by atoms with Crippen LogP contribution in [-0.2, 0) is 12.6 Å². The van der Waals surface area contributed by atoms with Crippen molar-refractivity contribution in [3.63, 3.8) is 0 Å². The van der Waals surface area contributed by atoms with Crippen molar-refractivity contribution in [3.05, 3.63) is 4.58 Å². The first kappa shape index (κ1) is 10.8. The number of hydrogen-bond acceptors (Lipinski definition) is 2. The molecule has 0 nitrogen and oxygen atoms in total. The molecule has 0 aliphatic heterocycles. The molecule has 3 heteroatoms. The van der Waals surface area contributed by atoms with E-state index in [1.54, 1.807) is 11.8 Å². The summed E-state index contributed by atoms with van der Waals surface area (Å²) in [6.45, 7) is 1.92. The van der Waals surface area contributed by atoms with Gasteiger partial charge in [-0.3, -0.25) is 0 Å². The van der Waals surface area contributed by atoms with Gasteiger partial charge >= 0.3 is 0 Å². The van der Waals surface area contributed by atoms with Crippen molar-refractivity contribution in [1.82, 2.24) is 0 Å². The Kier molecular flexibility index (Phi) is 12.4. The summed E-state index contributed by atoms with van der Waals surface area (Å²) in [7, 11) is 0. The molecule has 35 valence electrons. The Bertz CT molecular complexity index is 22.8. The van der Waals surface area contributed by atoms with Gasteiger partial charge in [-0.2, -0.15) is 0 Å². The van der Waals surface area contributed by atoms with E-state index in [9.17, 15) is 0 Å².